The molecule has 0 radical (unpaired) electrons. The molecular formula is C11H17N3O2S. The Morgan fingerprint density at radius 3 is 3.18 bits per heavy atom. The van der Waals surface area contributed by atoms with Crippen molar-refractivity contribution in [3.05, 3.63) is 6.33 Å². The summed E-state index contributed by atoms with van der Waals surface area (Å²) in [5.74, 6) is 0.142. The van der Waals surface area contributed by atoms with E-state index >= 15 is 0 Å². The second-order valence-electron chi connectivity index (χ2n) is 4.11. The zero-order valence-corrected chi connectivity index (χ0v) is 10.8. The molecule has 5 nitrogen and oxygen atoms in total. The van der Waals surface area contributed by atoms with Gasteiger partial charge in [0.15, 0.2) is 5.16 Å². The highest BCUT2D eigenvalue weighted by Gasteiger charge is 2.26. The van der Waals surface area contributed by atoms with Gasteiger partial charge in [0, 0.05) is 6.04 Å². The quantitative estimate of drug-likeness (QED) is 0.424. The number of carbonyl (C=O) groups excluding carboxylic acids is 1. The van der Waals surface area contributed by atoms with Crippen molar-refractivity contribution in [2.45, 2.75) is 43.8 Å². The first-order valence-corrected chi connectivity index (χ1v) is 6.97. The van der Waals surface area contributed by atoms with E-state index in [2.05, 4.69) is 17.1 Å². The lowest BCUT2D eigenvalue weighted by molar-refractivity contribution is -0.140. The monoisotopic (exact) mass is 255 g/mol. The number of hydrogen-bond donors (Lipinski definition) is 0. The van der Waals surface area contributed by atoms with E-state index in [1.54, 1.807) is 6.33 Å². The van der Waals surface area contributed by atoms with Gasteiger partial charge in [-0.2, -0.15) is 0 Å². The zero-order valence-electron chi connectivity index (χ0n) is 9.96. The average molecular weight is 255 g/mol. The van der Waals surface area contributed by atoms with Crippen molar-refractivity contribution in [3.8, 4) is 0 Å². The van der Waals surface area contributed by atoms with E-state index in [1.807, 2.05) is 4.57 Å². The van der Waals surface area contributed by atoms with E-state index in [-0.39, 0.29) is 5.97 Å². The molecule has 0 atom stereocenters. The first-order chi connectivity index (χ1) is 8.31. The molecule has 1 heterocycles. The van der Waals surface area contributed by atoms with Gasteiger partial charge in [0.05, 0.1) is 12.4 Å². The van der Waals surface area contributed by atoms with E-state index in [0.717, 1.165) is 18.0 Å². The number of aromatic nitrogens is 3. The van der Waals surface area contributed by atoms with Crippen molar-refractivity contribution in [1.29, 1.82) is 0 Å². The molecule has 0 N–H and O–H groups in total. The Morgan fingerprint density at radius 2 is 2.47 bits per heavy atom. The fourth-order valence-corrected chi connectivity index (χ4v) is 2.21. The van der Waals surface area contributed by atoms with Gasteiger partial charge in [-0.05, 0) is 19.3 Å². The summed E-state index contributed by atoms with van der Waals surface area (Å²) in [5.41, 5.74) is 0. The lowest BCUT2D eigenvalue weighted by atomic mass is 10.4. The molecule has 6 heteroatoms. The highest BCUT2D eigenvalue weighted by molar-refractivity contribution is 7.99. The summed E-state index contributed by atoms with van der Waals surface area (Å²) in [6.45, 7) is 2.59. The Kier molecular flexibility index (Phi) is 4.42. The number of unbranched alkanes of at least 4 members (excludes halogenated alkanes) is 1. The molecular weight excluding hydrogens is 238 g/mol. The van der Waals surface area contributed by atoms with Gasteiger partial charge in [0.2, 0.25) is 0 Å². The van der Waals surface area contributed by atoms with E-state index in [9.17, 15) is 4.79 Å². The number of thioether (sulfide) groups is 1. The van der Waals surface area contributed by atoms with Gasteiger partial charge in [-0.3, -0.25) is 4.79 Å². The van der Waals surface area contributed by atoms with Crippen LogP contribution in [0.25, 0.3) is 0 Å². The number of ether oxygens (including phenoxy) is 1. The minimum absolute atomic E-state index is 0.172. The number of rotatable bonds is 7. The third-order valence-corrected chi connectivity index (χ3v) is 3.49. The van der Waals surface area contributed by atoms with Gasteiger partial charge >= 0.3 is 5.97 Å². The third kappa shape index (κ3) is 3.73. The van der Waals surface area contributed by atoms with Crippen LogP contribution in [0.15, 0.2) is 11.5 Å². The van der Waals surface area contributed by atoms with Crippen LogP contribution >= 0.6 is 11.8 Å². The maximum atomic E-state index is 11.4. The molecule has 0 aromatic carbocycles. The van der Waals surface area contributed by atoms with Crippen LogP contribution in [0.5, 0.6) is 0 Å². The van der Waals surface area contributed by atoms with Gasteiger partial charge in [0.1, 0.15) is 6.33 Å². The first-order valence-electron chi connectivity index (χ1n) is 5.99. The van der Waals surface area contributed by atoms with Gasteiger partial charge < -0.3 is 9.30 Å². The van der Waals surface area contributed by atoms with Crippen molar-refractivity contribution in [2.24, 2.45) is 0 Å². The lowest BCUT2D eigenvalue weighted by Gasteiger charge is -2.04. The maximum Gasteiger partial charge on any atom is 0.316 e. The van der Waals surface area contributed by atoms with Crippen LogP contribution in [-0.4, -0.2) is 33.1 Å². The molecule has 2 rings (SSSR count). The number of esters is 1. The highest BCUT2D eigenvalue weighted by Crippen LogP contribution is 2.37. The molecule has 0 unspecified atom stereocenters. The topological polar surface area (TPSA) is 57.0 Å². The van der Waals surface area contributed by atoms with Crippen LogP contribution in [-0.2, 0) is 9.53 Å². The molecule has 17 heavy (non-hydrogen) atoms. The fourth-order valence-electron chi connectivity index (χ4n) is 1.43. The van der Waals surface area contributed by atoms with Crippen molar-refractivity contribution < 1.29 is 9.53 Å². The molecule has 0 saturated heterocycles. The summed E-state index contributed by atoms with van der Waals surface area (Å²) >= 11 is 1.40. The largest absolute Gasteiger partial charge is 0.465 e. The summed E-state index contributed by atoms with van der Waals surface area (Å²) in [6, 6.07) is 0.545. The summed E-state index contributed by atoms with van der Waals surface area (Å²) < 4.78 is 7.13. The molecule has 0 aliphatic heterocycles. The van der Waals surface area contributed by atoms with E-state index in [0.29, 0.717) is 18.4 Å². The molecule has 1 aromatic heterocycles. The van der Waals surface area contributed by atoms with E-state index in [1.165, 1.54) is 24.6 Å². The van der Waals surface area contributed by atoms with Crippen molar-refractivity contribution in [3.63, 3.8) is 0 Å². The van der Waals surface area contributed by atoms with Crippen LogP contribution < -0.4 is 0 Å². The summed E-state index contributed by atoms with van der Waals surface area (Å²) in [7, 11) is 0. The Hall–Kier alpha value is -1.04. The first kappa shape index (κ1) is 12.4. The molecule has 1 saturated carbocycles. The number of hydrogen-bond acceptors (Lipinski definition) is 5. The molecule has 94 valence electrons. The van der Waals surface area contributed by atoms with Gasteiger partial charge in [-0.15, -0.1) is 10.2 Å². The van der Waals surface area contributed by atoms with E-state index in [4.69, 9.17) is 4.74 Å². The van der Waals surface area contributed by atoms with Crippen LogP contribution in [0.3, 0.4) is 0 Å². The Morgan fingerprint density at radius 1 is 1.65 bits per heavy atom. The zero-order chi connectivity index (χ0) is 12.1. The third-order valence-electron chi connectivity index (χ3n) is 2.56. The summed E-state index contributed by atoms with van der Waals surface area (Å²) in [6.07, 6.45) is 6.08. The smallest absolute Gasteiger partial charge is 0.316 e. The van der Waals surface area contributed by atoms with Crippen LogP contribution in [0, 0.1) is 0 Å². The standard InChI is InChI=1S/C11H17N3O2S/c1-2-3-6-16-10(15)7-17-11-13-12-8-14(11)9-4-5-9/h8-9H,2-7H2,1H3. The molecule has 1 fully saturated rings. The predicted octanol–water partition coefficient (Wildman–Crippen LogP) is 2.05. The average Bonchev–Trinajstić information content (AvgIpc) is 3.06. The summed E-state index contributed by atoms with van der Waals surface area (Å²) in [4.78, 5) is 11.4. The van der Waals surface area contributed by atoms with Crippen LogP contribution in [0.4, 0.5) is 0 Å². The SMILES string of the molecule is CCCCOC(=O)CSc1nncn1C1CC1. The molecule has 0 amide bonds. The Labute approximate surface area is 105 Å². The lowest BCUT2D eigenvalue weighted by Crippen LogP contribution is -2.09. The second kappa shape index (κ2) is 6.05. The predicted molar refractivity (Wildman–Crippen MR) is 64.9 cm³/mol. The highest BCUT2D eigenvalue weighted by atomic mass is 32.2. The molecule has 1 aromatic rings. The van der Waals surface area contributed by atoms with E-state index < -0.39 is 0 Å². The summed E-state index contributed by atoms with van der Waals surface area (Å²) in [5, 5.41) is 8.71. The normalized spacial score (nSPS) is 14.9. The van der Waals surface area contributed by atoms with Gasteiger partial charge in [-0.1, -0.05) is 25.1 Å². The number of carbonyl (C=O) groups is 1. The maximum absolute atomic E-state index is 11.4. The Bertz CT molecular complexity index is 377. The van der Waals surface area contributed by atoms with Crippen LogP contribution in [0.2, 0.25) is 0 Å². The number of nitrogens with zero attached hydrogens (tertiary/aromatic N) is 3. The van der Waals surface area contributed by atoms with Crippen molar-refractivity contribution in [1.82, 2.24) is 14.8 Å². The molecule has 1 aliphatic rings. The molecule has 0 spiro atoms. The van der Waals surface area contributed by atoms with Gasteiger partial charge in [-0.25, -0.2) is 0 Å². The minimum Gasteiger partial charge on any atom is -0.465 e. The van der Waals surface area contributed by atoms with Crippen LogP contribution in [0.1, 0.15) is 38.6 Å². The second-order valence-corrected chi connectivity index (χ2v) is 5.06. The van der Waals surface area contributed by atoms with Crippen molar-refractivity contribution >= 4 is 17.7 Å². The van der Waals surface area contributed by atoms with Gasteiger partial charge in [0.25, 0.3) is 0 Å². The fraction of sp³-hybridized carbons (Fsp3) is 0.727. The molecule has 1 aliphatic carbocycles. The molecule has 0 bridgehead atoms. The minimum atomic E-state index is -0.172. The van der Waals surface area contributed by atoms with Crippen molar-refractivity contribution in [2.75, 3.05) is 12.4 Å². The Balaban J connectivity index is 1.73.